The minimum atomic E-state index is -1.62. The third-order valence-electron chi connectivity index (χ3n) is 17.8. The highest BCUT2D eigenvalue weighted by atomic mass is 16.6. The van der Waals surface area contributed by atoms with Gasteiger partial charge in [0, 0.05) is 51.6 Å². The number of amides is 10. The van der Waals surface area contributed by atoms with Crippen molar-refractivity contribution in [3.63, 3.8) is 0 Å². The molecule has 0 aromatic carbocycles. The number of unbranched alkanes of at least 4 members (excludes halogenated alkanes) is 5. The first-order valence-electron chi connectivity index (χ1n) is 41.3. The lowest BCUT2D eigenvalue weighted by Gasteiger charge is -2.32. The Labute approximate surface area is 680 Å². The lowest BCUT2D eigenvalue weighted by atomic mass is 9.94. The van der Waals surface area contributed by atoms with E-state index < -0.39 is 93.8 Å². The zero-order valence-corrected chi connectivity index (χ0v) is 72.4. The molecule has 10 amide bonds. The number of hydrogen-bond acceptors (Lipinski definition) is 23. The van der Waals surface area contributed by atoms with Crippen molar-refractivity contribution in [2.45, 2.75) is 228 Å². The van der Waals surface area contributed by atoms with Gasteiger partial charge in [-0.25, -0.2) is 9.98 Å². The molecule has 1 aliphatic rings. The number of likely N-dealkylation sites (tertiary alicyclic amines) is 1. The molecule has 0 radical (unpaired) electrons. The van der Waals surface area contributed by atoms with Gasteiger partial charge in [-0.15, -0.1) is 0 Å². The third kappa shape index (κ3) is 51.9. The second-order valence-corrected chi connectivity index (χ2v) is 31.7. The normalized spacial score (nSPS) is 14.9. The molecule has 1 rings (SSSR count). The number of methoxy groups -OCH3 is 1. The number of nitrogens with one attached hydrogen (secondary N) is 7. The molecule has 1 aliphatic heterocycles. The summed E-state index contributed by atoms with van der Waals surface area (Å²) < 4.78 is 65.7. The van der Waals surface area contributed by atoms with Crippen molar-refractivity contribution in [1.29, 1.82) is 0 Å². The highest BCUT2D eigenvalue weighted by molar-refractivity contribution is 6.04. The van der Waals surface area contributed by atoms with E-state index >= 15 is 0 Å². The average Bonchev–Trinajstić information content (AvgIpc) is 0.891. The largest absolute Gasteiger partial charge is 0.382 e. The van der Waals surface area contributed by atoms with Gasteiger partial charge in [-0.05, 0) is 119 Å². The topological polar surface area (TPSA) is 397 Å². The SMILES string of the molecule is CCCCCCCC[C@H](NC(=O)[C@@H]1CCCN1C(=O)CCOCCOCCOCCOCCOCCOCCOCCOCCOCCOCCOCCOC)C(=O)/N=C\C(CC(C)C)C(=O)NC(C)(C)C(=O)N[C@@H](CC(C)C)C(=O)/N=C/C(CC(C)C)C(=O)NC(C)(C)C(=O)NC(C)(C)C(=O)NCCC(=O)N[C@@H](C)CN(C)C. The van der Waals surface area contributed by atoms with Crippen molar-refractivity contribution in [1.82, 2.24) is 47.0 Å². The Kier molecular flexibility index (Phi) is 58.6. The van der Waals surface area contributed by atoms with Crippen molar-refractivity contribution in [3.05, 3.63) is 0 Å². The molecule has 1 saturated heterocycles. The lowest BCUT2D eigenvalue weighted by Crippen LogP contribution is -2.63. The monoisotopic (exact) mass is 1630 g/mol. The summed E-state index contributed by atoms with van der Waals surface area (Å²) in [4.78, 5) is 150. The lowest BCUT2D eigenvalue weighted by molar-refractivity contribution is -0.140. The van der Waals surface area contributed by atoms with Crippen molar-refractivity contribution < 1.29 is 105 Å². The predicted molar refractivity (Wildman–Crippen MR) is 435 cm³/mol. The molecule has 660 valence electrons. The van der Waals surface area contributed by atoms with E-state index in [0.29, 0.717) is 164 Å². The molecule has 114 heavy (non-hydrogen) atoms. The van der Waals surface area contributed by atoms with Gasteiger partial charge in [0.15, 0.2) is 0 Å². The second kappa shape index (κ2) is 63.1. The molecule has 33 nitrogen and oxygen atoms in total. The number of hydrogen-bond donors (Lipinski definition) is 7. The molecule has 0 saturated carbocycles. The fourth-order valence-corrected chi connectivity index (χ4v) is 11.6. The Bertz CT molecular complexity index is 2760. The molecule has 7 N–H and O–H groups in total. The van der Waals surface area contributed by atoms with Gasteiger partial charge >= 0.3 is 0 Å². The quantitative estimate of drug-likeness (QED) is 0.0319. The van der Waals surface area contributed by atoms with Crippen molar-refractivity contribution in [2.75, 3.05) is 193 Å². The minimum Gasteiger partial charge on any atom is -0.382 e. The van der Waals surface area contributed by atoms with Crippen LogP contribution in [-0.4, -0.2) is 315 Å². The van der Waals surface area contributed by atoms with Gasteiger partial charge in [-0.3, -0.25) is 47.9 Å². The van der Waals surface area contributed by atoms with Crippen LogP contribution < -0.4 is 37.2 Å². The van der Waals surface area contributed by atoms with Gasteiger partial charge in [0.2, 0.25) is 47.3 Å². The summed E-state index contributed by atoms with van der Waals surface area (Å²) in [5.74, 6) is -7.80. The summed E-state index contributed by atoms with van der Waals surface area (Å²) >= 11 is 0. The van der Waals surface area contributed by atoms with Gasteiger partial charge in [0.1, 0.15) is 34.7 Å². The number of rotatable bonds is 70. The third-order valence-corrected chi connectivity index (χ3v) is 17.8. The molecule has 2 unspecified atom stereocenters. The molecule has 33 heteroatoms. The van der Waals surface area contributed by atoms with E-state index in [1.54, 1.807) is 7.11 Å². The maximum Gasteiger partial charge on any atom is 0.267 e. The van der Waals surface area contributed by atoms with E-state index in [2.05, 4.69) is 54.1 Å². The fraction of sp³-hybridized carbons (Fsp3) is 0.852. The minimum absolute atomic E-state index is 0.0260. The zero-order valence-electron chi connectivity index (χ0n) is 72.4. The van der Waals surface area contributed by atoms with Crippen LogP contribution in [0.5, 0.6) is 0 Å². The van der Waals surface area contributed by atoms with E-state index in [4.69, 9.17) is 56.8 Å². The Balaban J connectivity index is 2.76. The van der Waals surface area contributed by atoms with Crippen LogP contribution in [0.3, 0.4) is 0 Å². The molecule has 0 aromatic rings. The van der Waals surface area contributed by atoms with Crippen LogP contribution in [0.1, 0.15) is 187 Å². The Hall–Kier alpha value is -6.08. The number of carbonyl (C=O) groups excluding carboxylic acids is 10. The standard InChI is InChI=1S/C81H149N11O22/c1-18-19-20-21-22-23-25-66(86-75(99)68-26-24-30-92(68)70(94)28-31-104-34-35-106-38-39-108-42-43-110-46-47-112-50-51-114-53-52-113-49-48-111-45-44-109-41-40-107-37-36-105-33-32-103-17)73(97)83-57-64(54-60(2)3)71(95)88-80(11,12)77(101)87-67(56-62(6)7)74(98)84-58-65(55-61(4)5)72(96)89-81(13,14)78(102)90-79(9,10)76(100)82-29-27-69(93)85-63(8)59-91(15)16/h57-58,60-68H,18-56,59H2,1-17H3,(H,82,100)(H,85,93)(H,86,99)(H,87,101)(H,88,95)(H,89,96)(H,90,102)/b83-57-,84-58+/t63-,64?,65?,66-,67-,68-/m0/s1. The zero-order chi connectivity index (χ0) is 85.2. The smallest absolute Gasteiger partial charge is 0.267 e. The van der Waals surface area contributed by atoms with Crippen LogP contribution in [0.4, 0.5) is 0 Å². The summed E-state index contributed by atoms with van der Waals surface area (Å²) in [6.07, 6.45) is 9.96. The summed E-state index contributed by atoms with van der Waals surface area (Å²) in [6.45, 7) is 35.0. The van der Waals surface area contributed by atoms with E-state index in [1.807, 2.05) is 67.5 Å². The van der Waals surface area contributed by atoms with Crippen molar-refractivity contribution >= 4 is 71.5 Å². The maximum absolute atomic E-state index is 14.3. The summed E-state index contributed by atoms with van der Waals surface area (Å²) in [5.41, 5.74) is -4.62. The number of likely N-dealkylation sites (N-methyl/N-ethyl adjacent to an activating group) is 1. The van der Waals surface area contributed by atoms with Gasteiger partial charge in [-0.2, -0.15) is 0 Å². The molecule has 0 spiro atoms. The molecular weight excluding hydrogens is 1480 g/mol. The van der Waals surface area contributed by atoms with Crippen molar-refractivity contribution in [3.8, 4) is 0 Å². The number of carbonyl (C=O) groups is 10. The van der Waals surface area contributed by atoms with Crippen LogP contribution in [0.15, 0.2) is 9.98 Å². The Morgan fingerprint density at radius 2 is 0.842 bits per heavy atom. The number of ether oxygens (including phenoxy) is 12. The van der Waals surface area contributed by atoms with Gasteiger partial charge in [0.25, 0.3) is 11.8 Å². The molecule has 1 heterocycles. The van der Waals surface area contributed by atoms with Crippen LogP contribution in [0.25, 0.3) is 0 Å². The maximum atomic E-state index is 14.3. The fourth-order valence-electron chi connectivity index (χ4n) is 11.6. The van der Waals surface area contributed by atoms with Crippen LogP contribution >= 0.6 is 0 Å². The molecule has 0 aliphatic carbocycles. The first kappa shape index (κ1) is 106. The predicted octanol–water partition coefficient (Wildman–Crippen LogP) is 4.74. The second-order valence-electron chi connectivity index (χ2n) is 31.7. The average molecular weight is 1630 g/mol. The summed E-state index contributed by atoms with van der Waals surface area (Å²) in [7, 11) is 5.43. The van der Waals surface area contributed by atoms with Crippen LogP contribution in [0, 0.1) is 29.6 Å². The van der Waals surface area contributed by atoms with Crippen LogP contribution in [-0.2, 0) is 105 Å². The molecule has 1 fully saturated rings. The molecule has 6 atom stereocenters. The first-order valence-corrected chi connectivity index (χ1v) is 41.3. The Morgan fingerprint density at radius 3 is 1.25 bits per heavy atom. The first-order chi connectivity index (χ1) is 54.2. The summed E-state index contributed by atoms with van der Waals surface area (Å²) in [6, 6.07) is -3.14. The summed E-state index contributed by atoms with van der Waals surface area (Å²) in [5, 5.41) is 19.5. The van der Waals surface area contributed by atoms with E-state index in [0.717, 1.165) is 32.1 Å². The number of aliphatic imine (C=N–C) groups is 2. The molecule has 0 aromatic heterocycles. The molecular formula is C81H149N11O22. The van der Waals surface area contributed by atoms with E-state index in [-0.39, 0.29) is 101 Å². The van der Waals surface area contributed by atoms with Gasteiger partial charge in [-0.1, -0.05) is 87.0 Å². The van der Waals surface area contributed by atoms with Crippen LogP contribution in [0.2, 0.25) is 0 Å². The van der Waals surface area contributed by atoms with Crippen molar-refractivity contribution in [2.24, 2.45) is 39.6 Å². The number of nitrogens with zero attached hydrogens (tertiary/aromatic N) is 4. The van der Waals surface area contributed by atoms with E-state index in [9.17, 15) is 47.9 Å². The highest BCUT2D eigenvalue weighted by Gasteiger charge is 2.40. The van der Waals surface area contributed by atoms with Gasteiger partial charge in [0.05, 0.1) is 170 Å². The van der Waals surface area contributed by atoms with E-state index in [1.165, 1.54) is 58.9 Å². The Morgan fingerprint density at radius 1 is 0.456 bits per heavy atom. The highest BCUT2D eigenvalue weighted by Crippen LogP contribution is 2.22. The van der Waals surface area contributed by atoms with Gasteiger partial charge < -0.3 is 104 Å². The molecule has 0 bridgehead atoms.